The first-order chi connectivity index (χ1) is 12.2. The molecule has 0 heterocycles. The molecule has 138 valence electrons. The van der Waals surface area contributed by atoms with Crippen LogP contribution in [0.4, 0.5) is 5.69 Å². The van der Waals surface area contributed by atoms with E-state index >= 15 is 0 Å². The molecule has 0 aromatic heterocycles. The number of carbonyl (C=O) groups excluding carboxylic acids is 2. The van der Waals surface area contributed by atoms with Gasteiger partial charge in [0.15, 0.2) is 6.10 Å². The number of hydrogen-bond acceptors (Lipinski definition) is 6. The summed E-state index contributed by atoms with van der Waals surface area (Å²) in [6, 6.07) is 11.6. The topological polar surface area (TPSA) is 125 Å². The molecule has 0 aliphatic heterocycles. The van der Waals surface area contributed by atoms with Crippen molar-refractivity contribution in [3.63, 3.8) is 0 Å². The predicted octanol–water partition coefficient (Wildman–Crippen LogP) is 1.53. The van der Waals surface area contributed by atoms with Crippen molar-refractivity contribution >= 4 is 27.6 Å². The molecule has 0 spiro atoms. The molecular weight excluding hydrogens is 360 g/mol. The number of rotatable bonds is 7. The van der Waals surface area contributed by atoms with Gasteiger partial charge in [-0.05, 0) is 43.3 Å². The van der Waals surface area contributed by atoms with Gasteiger partial charge in [-0.1, -0.05) is 12.1 Å². The Morgan fingerprint density at radius 3 is 2.27 bits per heavy atom. The number of benzene rings is 2. The Balaban J connectivity index is 2.18. The Hall–Kier alpha value is -3.07. The molecule has 0 aliphatic carbocycles. The normalized spacial score (nSPS) is 12.1. The number of nitrogens with one attached hydrogen (secondary N) is 1. The summed E-state index contributed by atoms with van der Waals surface area (Å²) in [5.41, 5.74) is 5.40. The van der Waals surface area contributed by atoms with Gasteiger partial charge in [-0.15, -0.1) is 0 Å². The third kappa shape index (κ3) is 4.51. The fraction of sp³-hybridized carbons (Fsp3) is 0.176. The lowest BCUT2D eigenvalue weighted by molar-refractivity contribution is -0.125. The van der Waals surface area contributed by atoms with Crippen LogP contribution in [0.3, 0.4) is 0 Å². The smallest absolute Gasteiger partial charge is 0.338 e. The highest BCUT2D eigenvalue weighted by molar-refractivity contribution is 7.92. The number of nitrogens with two attached hydrogens (primary N) is 1. The number of amides is 1. The minimum absolute atomic E-state index is 0.0529. The van der Waals surface area contributed by atoms with E-state index in [1.807, 2.05) is 0 Å². The van der Waals surface area contributed by atoms with Crippen molar-refractivity contribution in [3.05, 3.63) is 54.1 Å². The zero-order valence-electron chi connectivity index (χ0n) is 14.1. The Morgan fingerprint density at radius 1 is 1.08 bits per heavy atom. The van der Waals surface area contributed by atoms with E-state index in [0.29, 0.717) is 5.75 Å². The lowest BCUT2D eigenvalue weighted by Crippen LogP contribution is -2.30. The summed E-state index contributed by atoms with van der Waals surface area (Å²) in [6.45, 7) is 1.34. The number of para-hydroxylation sites is 2. The van der Waals surface area contributed by atoms with Crippen molar-refractivity contribution in [2.24, 2.45) is 5.73 Å². The molecule has 8 nitrogen and oxygen atoms in total. The maximum Gasteiger partial charge on any atom is 0.338 e. The highest BCUT2D eigenvalue weighted by atomic mass is 32.2. The van der Waals surface area contributed by atoms with Crippen molar-refractivity contribution < 1.29 is 27.5 Å². The second-order valence-electron chi connectivity index (χ2n) is 5.28. The van der Waals surface area contributed by atoms with Crippen LogP contribution in [-0.2, 0) is 19.6 Å². The Morgan fingerprint density at radius 2 is 1.69 bits per heavy atom. The molecule has 2 rings (SSSR count). The molecule has 0 saturated heterocycles. The number of hydrogen-bond donors (Lipinski definition) is 2. The quantitative estimate of drug-likeness (QED) is 0.704. The van der Waals surface area contributed by atoms with Gasteiger partial charge < -0.3 is 15.2 Å². The van der Waals surface area contributed by atoms with E-state index in [2.05, 4.69) is 4.72 Å². The van der Waals surface area contributed by atoms with Crippen molar-refractivity contribution in [3.8, 4) is 5.75 Å². The lowest BCUT2D eigenvalue weighted by atomic mass is 10.2. The van der Waals surface area contributed by atoms with Gasteiger partial charge in [-0.25, -0.2) is 13.2 Å². The van der Waals surface area contributed by atoms with Crippen LogP contribution in [0.2, 0.25) is 0 Å². The molecule has 26 heavy (non-hydrogen) atoms. The summed E-state index contributed by atoms with van der Waals surface area (Å²) in [6.07, 6.45) is -1.09. The van der Waals surface area contributed by atoms with Gasteiger partial charge in [0.2, 0.25) is 0 Å². The number of primary amides is 1. The molecule has 9 heteroatoms. The highest BCUT2D eigenvalue weighted by Gasteiger charge is 2.19. The molecule has 1 amide bonds. The summed E-state index contributed by atoms with van der Waals surface area (Å²) in [4.78, 5) is 22.8. The van der Waals surface area contributed by atoms with Crippen LogP contribution < -0.4 is 15.2 Å². The number of esters is 1. The van der Waals surface area contributed by atoms with E-state index in [1.165, 1.54) is 38.3 Å². The van der Waals surface area contributed by atoms with E-state index in [1.54, 1.807) is 24.3 Å². The minimum Gasteiger partial charge on any atom is -0.495 e. The van der Waals surface area contributed by atoms with Crippen molar-refractivity contribution in [2.45, 2.75) is 17.9 Å². The predicted molar refractivity (Wildman–Crippen MR) is 94.3 cm³/mol. The average Bonchev–Trinajstić information content (AvgIpc) is 2.61. The lowest BCUT2D eigenvalue weighted by Gasteiger charge is -2.12. The van der Waals surface area contributed by atoms with E-state index in [4.69, 9.17) is 15.2 Å². The number of sulfonamides is 1. The third-order valence-electron chi connectivity index (χ3n) is 3.44. The van der Waals surface area contributed by atoms with Gasteiger partial charge in [0.1, 0.15) is 5.75 Å². The number of anilines is 1. The summed E-state index contributed by atoms with van der Waals surface area (Å²) >= 11 is 0. The van der Waals surface area contributed by atoms with Crippen LogP contribution in [-0.4, -0.2) is 33.5 Å². The molecule has 0 unspecified atom stereocenters. The Kier molecular flexibility index (Phi) is 5.83. The fourth-order valence-corrected chi connectivity index (χ4v) is 3.06. The molecular formula is C17H18N2O6S. The van der Waals surface area contributed by atoms with Gasteiger partial charge >= 0.3 is 5.97 Å². The molecule has 0 fully saturated rings. The summed E-state index contributed by atoms with van der Waals surface area (Å²) < 4.78 is 37.3. The SMILES string of the molecule is COc1ccccc1NS(=O)(=O)c1ccc(C(=O)O[C@@H](C)C(N)=O)cc1. The molecule has 0 bridgehead atoms. The summed E-state index contributed by atoms with van der Waals surface area (Å²) in [5, 5.41) is 0. The van der Waals surface area contributed by atoms with Crippen LogP contribution in [0, 0.1) is 0 Å². The maximum absolute atomic E-state index is 12.5. The number of methoxy groups -OCH3 is 1. The summed E-state index contributed by atoms with van der Waals surface area (Å²) in [7, 11) is -2.45. The molecule has 0 radical (unpaired) electrons. The average molecular weight is 378 g/mol. The van der Waals surface area contributed by atoms with Crippen LogP contribution in [0.5, 0.6) is 5.75 Å². The van der Waals surface area contributed by atoms with Crippen molar-refractivity contribution in [1.82, 2.24) is 0 Å². The Labute approximate surface area is 151 Å². The Bertz CT molecular complexity index is 909. The van der Waals surface area contributed by atoms with Gasteiger partial charge in [0.05, 0.1) is 23.3 Å². The standard InChI is InChI=1S/C17H18N2O6S/c1-11(16(18)20)25-17(21)12-7-9-13(10-8-12)26(22,23)19-14-5-3-4-6-15(14)24-2/h3-11,19H,1-2H3,(H2,18,20)/t11-/m0/s1. The van der Waals surface area contributed by atoms with Gasteiger partial charge in [0.25, 0.3) is 15.9 Å². The monoisotopic (exact) mass is 378 g/mol. The third-order valence-corrected chi connectivity index (χ3v) is 4.82. The molecule has 0 saturated carbocycles. The summed E-state index contributed by atoms with van der Waals surface area (Å²) in [5.74, 6) is -1.19. The van der Waals surface area contributed by atoms with E-state index < -0.39 is 28.0 Å². The molecule has 2 aromatic carbocycles. The molecule has 3 N–H and O–H groups in total. The van der Waals surface area contributed by atoms with Crippen LogP contribution >= 0.6 is 0 Å². The van der Waals surface area contributed by atoms with Crippen LogP contribution in [0.1, 0.15) is 17.3 Å². The zero-order valence-corrected chi connectivity index (χ0v) is 14.9. The van der Waals surface area contributed by atoms with Crippen LogP contribution in [0.15, 0.2) is 53.4 Å². The largest absolute Gasteiger partial charge is 0.495 e. The first-order valence-electron chi connectivity index (χ1n) is 7.51. The molecule has 1 atom stereocenters. The van der Waals surface area contributed by atoms with E-state index in [0.717, 1.165) is 0 Å². The zero-order chi connectivity index (χ0) is 19.3. The fourth-order valence-electron chi connectivity index (χ4n) is 1.99. The van der Waals surface area contributed by atoms with Gasteiger partial charge in [0, 0.05) is 0 Å². The van der Waals surface area contributed by atoms with E-state index in [9.17, 15) is 18.0 Å². The van der Waals surface area contributed by atoms with Crippen molar-refractivity contribution in [1.29, 1.82) is 0 Å². The minimum atomic E-state index is -3.88. The number of ether oxygens (including phenoxy) is 2. The highest BCUT2D eigenvalue weighted by Crippen LogP contribution is 2.26. The van der Waals surface area contributed by atoms with Crippen LogP contribution in [0.25, 0.3) is 0 Å². The van der Waals surface area contributed by atoms with E-state index in [-0.39, 0.29) is 16.1 Å². The molecule has 0 aliphatic rings. The van der Waals surface area contributed by atoms with Crippen molar-refractivity contribution in [2.75, 3.05) is 11.8 Å². The first-order valence-corrected chi connectivity index (χ1v) is 8.99. The second-order valence-corrected chi connectivity index (χ2v) is 6.96. The number of carbonyl (C=O) groups is 2. The van der Waals surface area contributed by atoms with Gasteiger partial charge in [-0.2, -0.15) is 0 Å². The maximum atomic E-state index is 12.5. The first kappa shape index (κ1) is 19.3. The van der Waals surface area contributed by atoms with Gasteiger partial charge in [-0.3, -0.25) is 9.52 Å². The molecule has 2 aromatic rings. The second kappa shape index (κ2) is 7.87.